The van der Waals surface area contributed by atoms with Crippen LogP contribution < -0.4 is 15.0 Å². The Bertz CT molecular complexity index is 1290. The van der Waals surface area contributed by atoms with Crippen molar-refractivity contribution in [3.05, 3.63) is 55.5 Å². The Morgan fingerprint density at radius 1 is 1.05 bits per heavy atom. The van der Waals surface area contributed by atoms with Gasteiger partial charge in [-0.3, -0.25) is 9.59 Å². The summed E-state index contributed by atoms with van der Waals surface area (Å²) in [5, 5.41) is 0. The molecule has 1 aliphatic carbocycles. The highest BCUT2D eigenvalue weighted by Crippen LogP contribution is 2.52. The number of fused-ring (bicyclic) bond motifs is 2. The molecule has 1 unspecified atom stereocenters. The monoisotopic (exact) mass is 507 g/mol. The van der Waals surface area contributed by atoms with Gasteiger partial charge >= 0.3 is 0 Å². The minimum Gasteiger partial charge on any atom is -0.448 e. The van der Waals surface area contributed by atoms with Gasteiger partial charge in [0.05, 0.1) is 6.54 Å². The van der Waals surface area contributed by atoms with Gasteiger partial charge in [-0.15, -0.1) is 0 Å². The van der Waals surface area contributed by atoms with Gasteiger partial charge < -0.3 is 24.3 Å². The minimum absolute atomic E-state index is 0.0284. The van der Waals surface area contributed by atoms with Crippen LogP contribution in [0.3, 0.4) is 0 Å². The molecule has 0 saturated heterocycles. The van der Waals surface area contributed by atoms with Crippen LogP contribution in [0.1, 0.15) is 83.4 Å². The van der Waals surface area contributed by atoms with E-state index in [2.05, 4.69) is 37.8 Å². The first-order valence-corrected chi connectivity index (χ1v) is 13.8. The number of H-pyrrole nitrogens is 1. The van der Waals surface area contributed by atoms with E-state index in [1.807, 2.05) is 31.7 Å². The number of nitrogens with one attached hydrogen (secondary N) is 1. The van der Waals surface area contributed by atoms with Crippen molar-refractivity contribution < 1.29 is 14.3 Å². The molecule has 7 nitrogen and oxygen atoms in total. The van der Waals surface area contributed by atoms with E-state index in [9.17, 15) is 9.59 Å². The third kappa shape index (κ3) is 4.35. The lowest BCUT2D eigenvalue weighted by atomic mass is 9.81. The molecule has 0 bridgehead atoms. The number of ether oxygens (including phenoxy) is 2. The van der Waals surface area contributed by atoms with Crippen molar-refractivity contribution in [3.8, 4) is 11.5 Å². The third-order valence-corrected chi connectivity index (χ3v) is 8.97. The first kappa shape index (κ1) is 25.8. The van der Waals surface area contributed by atoms with Crippen LogP contribution in [0.2, 0.25) is 0 Å². The molecular weight excluding hydrogens is 466 g/mol. The normalized spacial score (nSPS) is 25.1. The second-order valence-electron chi connectivity index (χ2n) is 11.6. The standard InChI is InChI=1S/C30H41N3O4/c1-8-22-23-13-14-33(16-24-17(2)15-18(3)31-28(24)34)29(35)25(23)19(4)26-27(22)37-30(5,36-26)20-9-11-21(12-10-20)32(6)7/h15,20-21H,8-14,16H2,1-7H3,(H,31,34)/t20-,21-,30?. The van der Waals surface area contributed by atoms with Gasteiger partial charge in [-0.25, -0.2) is 0 Å². The third-order valence-electron chi connectivity index (χ3n) is 8.97. The number of aromatic nitrogens is 1. The summed E-state index contributed by atoms with van der Waals surface area (Å²) in [4.78, 5) is 33.5. The van der Waals surface area contributed by atoms with Crippen LogP contribution in [0.15, 0.2) is 10.9 Å². The number of hydrogen-bond acceptors (Lipinski definition) is 5. The largest absolute Gasteiger partial charge is 0.448 e. The number of nitrogens with zero attached hydrogens (tertiary/aromatic N) is 2. The molecular formula is C30H41N3O4. The van der Waals surface area contributed by atoms with E-state index >= 15 is 0 Å². The van der Waals surface area contributed by atoms with E-state index in [0.717, 1.165) is 83.5 Å². The molecule has 5 rings (SSSR count). The number of carbonyl (C=O) groups is 1. The maximum atomic E-state index is 13.9. The van der Waals surface area contributed by atoms with Crippen molar-refractivity contribution in [3.63, 3.8) is 0 Å². The van der Waals surface area contributed by atoms with E-state index in [-0.39, 0.29) is 11.5 Å². The second kappa shape index (κ2) is 9.50. The van der Waals surface area contributed by atoms with Gasteiger partial charge in [-0.2, -0.15) is 0 Å². The summed E-state index contributed by atoms with van der Waals surface area (Å²) < 4.78 is 13.4. The van der Waals surface area contributed by atoms with E-state index in [1.54, 1.807) is 0 Å². The van der Waals surface area contributed by atoms with Crippen LogP contribution in [0.4, 0.5) is 0 Å². The summed E-state index contributed by atoms with van der Waals surface area (Å²) in [6.45, 7) is 10.9. The molecule has 1 aromatic heterocycles. The molecule has 1 atom stereocenters. The molecule has 1 saturated carbocycles. The molecule has 3 heterocycles. The fourth-order valence-electron chi connectivity index (χ4n) is 6.74. The summed E-state index contributed by atoms with van der Waals surface area (Å²) in [6.07, 6.45) is 5.92. The Hall–Kier alpha value is -2.80. The highest BCUT2D eigenvalue weighted by atomic mass is 16.7. The average molecular weight is 508 g/mol. The Labute approximate surface area is 220 Å². The fraction of sp³-hybridized carbons (Fsp3) is 0.600. The molecule has 1 N–H and O–H groups in total. The van der Waals surface area contributed by atoms with Crippen LogP contribution in [0.25, 0.3) is 0 Å². The molecule has 0 spiro atoms. The van der Waals surface area contributed by atoms with Gasteiger partial charge in [0.1, 0.15) is 0 Å². The molecule has 1 aromatic carbocycles. The minimum atomic E-state index is -0.715. The smallest absolute Gasteiger partial charge is 0.254 e. The molecule has 200 valence electrons. The molecule has 0 radical (unpaired) electrons. The second-order valence-corrected chi connectivity index (χ2v) is 11.6. The van der Waals surface area contributed by atoms with Gasteiger partial charge in [0.2, 0.25) is 0 Å². The number of aryl methyl sites for hydroxylation is 2. The highest BCUT2D eigenvalue weighted by Gasteiger charge is 2.48. The summed E-state index contributed by atoms with van der Waals surface area (Å²) in [5.41, 5.74) is 6.04. The summed E-state index contributed by atoms with van der Waals surface area (Å²) in [7, 11) is 4.31. The van der Waals surface area contributed by atoms with E-state index in [4.69, 9.17) is 9.47 Å². The van der Waals surface area contributed by atoms with Crippen LogP contribution in [0.5, 0.6) is 11.5 Å². The van der Waals surface area contributed by atoms with Crippen molar-refractivity contribution >= 4 is 5.91 Å². The van der Waals surface area contributed by atoms with Crippen LogP contribution in [0, 0.1) is 26.7 Å². The first-order valence-electron chi connectivity index (χ1n) is 13.8. The lowest BCUT2D eigenvalue weighted by Gasteiger charge is -2.39. The topological polar surface area (TPSA) is 74.9 Å². The zero-order valence-corrected chi connectivity index (χ0v) is 23.4. The van der Waals surface area contributed by atoms with E-state index in [0.29, 0.717) is 30.6 Å². The van der Waals surface area contributed by atoms with Gasteiger partial charge in [-0.1, -0.05) is 6.92 Å². The number of carbonyl (C=O) groups excluding carboxylic acids is 1. The Kier molecular flexibility index (Phi) is 6.63. The van der Waals surface area contributed by atoms with Gasteiger partial charge in [0, 0.05) is 53.4 Å². The lowest BCUT2D eigenvalue weighted by Crippen LogP contribution is -2.46. The van der Waals surface area contributed by atoms with Gasteiger partial charge in [0.15, 0.2) is 11.5 Å². The molecule has 1 fully saturated rings. The molecule has 2 aromatic rings. The van der Waals surface area contributed by atoms with Crippen molar-refractivity contribution in [1.29, 1.82) is 0 Å². The Balaban J connectivity index is 1.46. The van der Waals surface area contributed by atoms with Crippen LogP contribution in [-0.2, 0) is 19.4 Å². The van der Waals surface area contributed by atoms with Crippen molar-refractivity contribution in [2.75, 3.05) is 20.6 Å². The molecule has 3 aliphatic rings. The molecule has 37 heavy (non-hydrogen) atoms. The van der Waals surface area contributed by atoms with Crippen LogP contribution in [-0.4, -0.2) is 53.2 Å². The quantitative estimate of drug-likeness (QED) is 0.637. The van der Waals surface area contributed by atoms with Crippen molar-refractivity contribution in [2.24, 2.45) is 5.92 Å². The highest BCUT2D eigenvalue weighted by molar-refractivity contribution is 6.00. The Morgan fingerprint density at radius 3 is 2.35 bits per heavy atom. The number of rotatable bonds is 5. The number of aromatic amines is 1. The van der Waals surface area contributed by atoms with Crippen LogP contribution >= 0.6 is 0 Å². The maximum absolute atomic E-state index is 13.9. The maximum Gasteiger partial charge on any atom is 0.254 e. The SMILES string of the molecule is CCc1c2c(c(C)c3c1OC(C)([C@H]1CC[C@H](N(C)C)CC1)O3)C(=O)N(Cc1c(C)cc(C)[nH]c1=O)CC2. The molecule has 1 amide bonds. The van der Waals surface area contributed by atoms with Crippen molar-refractivity contribution in [2.45, 2.75) is 91.5 Å². The number of pyridine rings is 1. The molecule has 7 heteroatoms. The summed E-state index contributed by atoms with van der Waals surface area (Å²) in [5.74, 6) is 1.13. The fourth-order valence-corrected chi connectivity index (χ4v) is 6.74. The zero-order valence-electron chi connectivity index (χ0n) is 23.4. The summed E-state index contributed by atoms with van der Waals surface area (Å²) in [6, 6.07) is 2.57. The molecule has 2 aliphatic heterocycles. The predicted octanol–water partition coefficient (Wildman–Crippen LogP) is 4.67. The number of hydrogen-bond donors (Lipinski definition) is 1. The number of benzene rings is 1. The lowest BCUT2D eigenvalue weighted by molar-refractivity contribution is -0.123. The zero-order chi connectivity index (χ0) is 26.6. The number of amides is 1. The predicted molar refractivity (Wildman–Crippen MR) is 145 cm³/mol. The average Bonchev–Trinajstić information content (AvgIpc) is 3.21. The van der Waals surface area contributed by atoms with E-state index in [1.165, 1.54) is 0 Å². The Morgan fingerprint density at radius 2 is 1.73 bits per heavy atom. The van der Waals surface area contributed by atoms with E-state index < -0.39 is 5.79 Å². The van der Waals surface area contributed by atoms with Gasteiger partial charge in [0.25, 0.3) is 17.3 Å². The van der Waals surface area contributed by atoms with Crippen molar-refractivity contribution in [1.82, 2.24) is 14.8 Å². The van der Waals surface area contributed by atoms with Gasteiger partial charge in [-0.05, 0) is 90.6 Å². The summed E-state index contributed by atoms with van der Waals surface area (Å²) >= 11 is 0. The first-order chi connectivity index (χ1) is 17.5.